The minimum absolute atomic E-state index is 0.00333. The number of ketones is 1. The van der Waals surface area contributed by atoms with Gasteiger partial charge >= 0.3 is 5.97 Å². The molecule has 2 aromatic carbocycles. The lowest BCUT2D eigenvalue weighted by molar-refractivity contribution is -0.139. The lowest BCUT2D eigenvalue weighted by atomic mass is 9.84. The molecule has 0 aromatic heterocycles. The number of nitrogens with one attached hydrogen (secondary N) is 1. The Balaban J connectivity index is 1.70. The largest absolute Gasteiger partial charge is 0.490 e. The van der Waals surface area contributed by atoms with Crippen LogP contribution in [-0.4, -0.2) is 80.3 Å². The average molecular weight is 586 g/mol. The summed E-state index contributed by atoms with van der Waals surface area (Å²) >= 11 is 0. The van der Waals surface area contributed by atoms with Crippen molar-refractivity contribution in [1.29, 1.82) is 5.41 Å². The summed E-state index contributed by atoms with van der Waals surface area (Å²) in [6, 6.07) is 5.14. The van der Waals surface area contributed by atoms with Crippen LogP contribution in [0, 0.1) is 11.2 Å². The zero-order valence-corrected chi connectivity index (χ0v) is 25.1. The number of benzene rings is 2. The Labute approximate surface area is 245 Å². The smallest absolute Gasteiger partial charge is 0.341 e. The van der Waals surface area contributed by atoms with Gasteiger partial charge in [0, 0.05) is 37.9 Å². The molecule has 1 atom stereocenters. The molecule has 0 aliphatic carbocycles. The van der Waals surface area contributed by atoms with Crippen molar-refractivity contribution in [3.05, 3.63) is 46.3 Å². The van der Waals surface area contributed by atoms with Crippen LogP contribution in [0.25, 0.3) is 0 Å². The van der Waals surface area contributed by atoms with Gasteiger partial charge in [0.1, 0.15) is 11.6 Å². The highest BCUT2D eigenvalue weighted by Crippen LogP contribution is 2.42. The Bertz CT molecular complexity index is 1370. The van der Waals surface area contributed by atoms with Crippen molar-refractivity contribution in [1.82, 2.24) is 4.90 Å². The SMILES string of the molecule is CCOc1cc2c(c(F)c1OCC)C(=N)N(CC(=O)c1cc(N3CCC(OC)C3)c(OCC(=O)O)c(C(C)(C)C)c1)C2. The predicted octanol–water partition coefficient (Wildman–Crippen LogP) is 4.63. The van der Waals surface area contributed by atoms with Crippen LogP contribution < -0.4 is 19.1 Å². The van der Waals surface area contributed by atoms with E-state index in [0.717, 1.165) is 6.42 Å². The summed E-state index contributed by atoms with van der Waals surface area (Å²) < 4.78 is 38.0. The molecular formula is C31H40FN3O7. The van der Waals surface area contributed by atoms with Crippen molar-refractivity contribution < 1.29 is 38.0 Å². The molecule has 0 amide bonds. The van der Waals surface area contributed by atoms with E-state index < -0.39 is 23.8 Å². The van der Waals surface area contributed by atoms with Gasteiger partial charge < -0.3 is 33.9 Å². The van der Waals surface area contributed by atoms with Crippen molar-refractivity contribution >= 4 is 23.3 Å². The zero-order chi connectivity index (χ0) is 30.8. The number of fused-ring (bicyclic) bond motifs is 1. The Kier molecular flexibility index (Phi) is 9.30. The highest BCUT2D eigenvalue weighted by molar-refractivity contribution is 6.06. The number of rotatable bonds is 12. The predicted molar refractivity (Wildman–Crippen MR) is 156 cm³/mol. The van der Waals surface area contributed by atoms with Crippen molar-refractivity contribution in [3.8, 4) is 17.2 Å². The van der Waals surface area contributed by atoms with Crippen LogP contribution in [0.4, 0.5) is 10.1 Å². The van der Waals surface area contributed by atoms with Gasteiger partial charge in [0.25, 0.3) is 0 Å². The highest BCUT2D eigenvalue weighted by atomic mass is 19.1. The molecule has 2 aliphatic heterocycles. The first kappa shape index (κ1) is 31.1. The molecule has 0 bridgehead atoms. The first-order chi connectivity index (χ1) is 19.9. The third kappa shape index (κ3) is 6.30. The number of aliphatic carboxylic acids is 1. The highest BCUT2D eigenvalue weighted by Gasteiger charge is 2.35. The molecule has 228 valence electrons. The molecule has 11 heteroatoms. The minimum atomic E-state index is -1.10. The molecule has 10 nitrogen and oxygen atoms in total. The second kappa shape index (κ2) is 12.6. The monoisotopic (exact) mass is 585 g/mol. The summed E-state index contributed by atoms with van der Waals surface area (Å²) in [4.78, 5) is 28.8. The maximum atomic E-state index is 15.5. The van der Waals surface area contributed by atoms with E-state index in [9.17, 15) is 14.7 Å². The molecule has 2 aliphatic rings. The number of amidine groups is 1. The first-order valence-electron chi connectivity index (χ1n) is 14.2. The Morgan fingerprint density at radius 2 is 1.81 bits per heavy atom. The van der Waals surface area contributed by atoms with E-state index in [1.54, 1.807) is 39.2 Å². The number of Topliss-reactive ketones (excluding diaryl/α,β-unsaturated/α-hetero) is 1. The Hall–Kier alpha value is -3.86. The van der Waals surface area contributed by atoms with Crippen LogP contribution in [0.5, 0.6) is 17.2 Å². The van der Waals surface area contributed by atoms with Crippen molar-refractivity contribution in [3.63, 3.8) is 0 Å². The van der Waals surface area contributed by atoms with Crippen LogP contribution in [-0.2, 0) is 21.5 Å². The van der Waals surface area contributed by atoms with Gasteiger partial charge in [0.2, 0.25) is 0 Å². The van der Waals surface area contributed by atoms with Crippen molar-refractivity contribution in [2.45, 2.75) is 59.1 Å². The molecular weight excluding hydrogens is 545 g/mol. The van der Waals surface area contributed by atoms with Crippen molar-refractivity contribution in [2.75, 3.05) is 51.5 Å². The van der Waals surface area contributed by atoms with Gasteiger partial charge in [-0.05, 0) is 49.4 Å². The number of methoxy groups -OCH3 is 1. The normalized spacial score (nSPS) is 16.5. The number of carbonyl (C=O) groups excluding carboxylic acids is 1. The van der Waals surface area contributed by atoms with E-state index in [0.29, 0.717) is 47.8 Å². The van der Waals surface area contributed by atoms with Gasteiger partial charge in [0.15, 0.2) is 29.7 Å². The van der Waals surface area contributed by atoms with Gasteiger partial charge in [-0.15, -0.1) is 0 Å². The van der Waals surface area contributed by atoms with E-state index >= 15 is 4.39 Å². The molecule has 1 unspecified atom stereocenters. The van der Waals surface area contributed by atoms with E-state index in [4.69, 9.17) is 24.4 Å². The van der Waals surface area contributed by atoms with Crippen molar-refractivity contribution in [2.24, 2.45) is 0 Å². The molecule has 0 radical (unpaired) electrons. The summed E-state index contributed by atoms with van der Waals surface area (Å²) in [5, 5.41) is 18.1. The van der Waals surface area contributed by atoms with Gasteiger partial charge in [-0.3, -0.25) is 10.2 Å². The number of halogens is 1. The quantitative estimate of drug-likeness (QED) is 0.343. The van der Waals surface area contributed by atoms with Crippen LogP contribution >= 0.6 is 0 Å². The Morgan fingerprint density at radius 1 is 1.10 bits per heavy atom. The second-order valence-electron chi connectivity index (χ2n) is 11.4. The molecule has 2 heterocycles. The van der Waals surface area contributed by atoms with Gasteiger partial charge in [-0.25, -0.2) is 9.18 Å². The minimum Gasteiger partial charge on any atom is -0.490 e. The maximum Gasteiger partial charge on any atom is 0.341 e. The third-order valence-electron chi connectivity index (χ3n) is 7.46. The topological polar surface area (TPSA) is 122 Å². The Morgan fingerprint density at radius 3 is 2.40 bits per heavy atom. The molecule has 2 N–H and O–H groups in total. The van der Waals surface area contributed by atoms with Gasteiger partial charge in [0.05, 0.1) is 37.1 Å². The van der Waals surface area contributed by atoms with Gasteiger partial charge in [-0.1, -0.05) is 20.8 Å². The number of ether oxygens (including phenoxy) is 4. The summed E-state index contributed by atoms with van der Waals surface area (Å²) in [6.07, 6.45) is 0.775. The van der Waals surface area contributed by atoms with E-state index in [-0.39, 0.29) is 54.5 Å². The standard InChI is InChI=1S/C31H40FN3O7/c1-7-40-24-13-19-14-35(30(33)26(19)27(32)29(24)41-8-2)16-23(36)18-11-21(31(3,4)5)28(42-17-25(37)38)22(12-18)34-10-9-20(15-34)39-6/h11-13,20,33H,7-10,14-17H2,1-6H3,(H,37,38). The summed E-state index contributed by atoms with van der Waals surface area (Å²) in [5.74, 6) is -1.47. The van der Waals surface area contributed by atoms with Crippen LogP contribution in [0.3, 0.4) is 0 Å². The summed E-state index contributed by atoms with van der Waals surface area (Å²) in [6.45, 7) is 10.7. The third-order valence-corrected chi connectivity index (χ3v) is 7.46. The fourth-order valence-corrected chi connectivity index (χ4v) is 5.41. The zero-order valence-electron chi connectivity index (χ0n) is 25.1. The molecule has 42 heavy (non-hydrogen) atoms. The van der Waals surface area contributed by atoms with E-state index in [1.807, 2.05) is 25.7 Å². The maximum absolute atomic E-state index is 15.5. The molecule has 4 rings (SSSR count). The van der Waals surface area contributed by atoms with E-state index in [1.165, 1.54) is 4.90 Å². The molecule has 1 saturated heterocycles. The lowest BCUT2D eigenvalue weighted by Crippen LogP contribution is -2.31. The summed E-state index contributed by atoms with van der Waals surface area (Å²) in [5.41, 5.74) is 1.88. The second-order valence-corrected chi connectivity index (χ2v) is 11.4. The number of anilines is 1. The first-order valence-corrected chi connectivity index (χ1v) is 14.2. The van der Waals surface area contributed by atoms with Crippen LogP contribution in [0.15, 0.2) is 18.2 Å². The fraction of sp³-hybridized carbons (Fsp3) is 0.516. The fourth-order valence-electron chi connectivity index (χ4n) is 5.41. The van der Waals surface area contributed by atoms with Gasteiger partial charge in [-0.2, -0.15) is 0 Å². The molecule has 0 spiro atoms. The van der Waals surface area contributed by atoms with E-state index in [2.05, 4.69) is 0 Å². The molecule has 2 aromatic rings. The number of hydrogen-bond donors (Lipinski definition) is 2. The average Bonchev–Trinajstić information content (AvgIpc) is 3.53. The van der Waals surface area contributed by atoms with Crippen LogP contribution in [0.1, 0.15) is 68.1 Å². The van der Waals surface area contributed by atoms with Crippen LogP contribution in [0.2, 0.25) is 0 Å². The molecule has 0 saturated carbocycles. The number of hydrogen-bond acceptors (Lipinski definition) is 8. The number of carboxylic acid groups (broad SMARTS) is 1. The lowest BCUT2D eigenvalue weighted by Gasteiger charge is -2.29. The number of carboxylic acids is 1. The number of nitrogens with zero attached hydrogens (tertiary/aromatic N) is 2. The molecule has 1 fully saturated rings. The summed E-state index contributed by atoms with van der Waals surface area (Å²) in [7, 11) is 1.65. The number of carbonyl (C=O) groups is 2.